The Morgan fingerprint density at radius 1 is 1.00 bits per heavy atom. The van der Waals surface area contributed by atoms with E-state index >= 15 is 0 Å². The van der Waals surface area contributed by atoms with Crippen molar-refractivity contribution in [3.05, 3.63) is 77.1 Å². The summed E-state index contributed by atoms with van der Waals surface area (Å²) in [6.45, 7) is 2.29. The van der Waals surface area contributed by atoms with Crippen molar-refractivity contribution in [1.29, 1.82) is 0 Å². The molecule has 0 saturated carbocycles. The molecule has 7 heteroatoms. The quantitative estimate of drug-likeness (QED) is 0.721. The van der Waals surface area contributed by atoms with E-state index in [2.05, 4.69) is 10.4 Å². The molecule has 0 saturated heterocycles. The van der Waals surface area contributed by atoms with Gasteiger partial charge in [0.1, 0.15) is 6.10 Å². The van der Waals surface area contributed by atoms with Crippen LogP contribution in [0, 0.1) is 0 Å². The Bertz CT molecular complexity index is 1060. The van der Waals surface area contributed by atoms with E-state index in [4.69, 9.17) is 9.47 Å². The van der Waals surface area contributed by atoms with Crippen molar-refractivity contribution in [2.75, 3.05) is 6.54 Å². The van der Waals surface area contributed by atoms with Gasteiger partial charge in [0.2, 0.25) is 6.10 Å². The molecule has 1 aromatic heterocycles. The third kappa shape index (κ3) is 4.13. The van der Waals surface area contributed by atoms with Crippen LogP contribution in [0.5, 0.6) is 11.5 Å². The second kappa shape index (κ2) is 8.18. The summed E-state index contributed by atoms with van der Waals surface area (Å²) in [5.74, 6) is 0.871. The Kier molecular flexibility index (Phi) is 5.29. The molecule has 2 atom stereocenters. The number of nitrogens with one attached hydrogen (secondary N) is 1. The second-order valence-corrected chi connectivity index (χ2v) is 6.75. The van der Waals surface area contributed by atoms with E-state index in [9.17, 15) is 9.59 Å². The third-order valence-corrected chi connectivity index (χ3v) is 4.66. The summed E-state index contributed by atoms with van der Waals surface area (Å²) in [7, 11) is 0. The number of hydrogen-bond acceptors (Lipinski definition) is 5. The SMILES string of the molecule is C[C@H]1Oc2ccccc2O[C@@H]1C(=O)NCCn1nc(-c2ccccc2)ccc1=O. The van der Waals surface area contributed by atoms with Crippen LogP contribution in [-0.2, 0) is 11.3 Å². The fraction of sp³-hybridized carbons (Fsp3) is 0.227. The number of amides is 1. The minimum absolute atomic E-state index is 0.224. The van der Waals surface area contributed by atoms with Gasteiger partial charge in [0.25, 0.3) is 11.5 Å². The highest BCUT2D eigenvalue weighted by molar-refractivity contribution is 5.82. The maximum absolute atomic E-state index is 12.6. The van der Waals surface area contributed by atoms with Crippen molar-refractivity contribution in [3.8, 4) is 22.8 Å². The molecule has 0 radical (unpaired) electrons. The lowest BCUT2D eigenvalue weighted by Crippen LogP contribution is -2.49. The van der Waals surface area contributed by atoms with E-state index < -0.39 is 12.2 Å². The number of fused-ring (bicyclic) bond motifs is 1. The molecule has 148 valence electrons. The molecule has 0 bridgehead atoms. The summed E-state index contributed by atoms with van der Waals surface area (Å²) in [4.78, 5) is 24.7. The van der Waals surface area contributed by atoms with Gasteiger partial charge in [-0.1, -0.05) is 42.5 Å². The lowest BCUT2D eigenvalue weighted by Gasteiger charge is -2.31. The van der Waals surface area contributed by atoms with E-state index in [0.717, 1.165) is 5.56 Å². The van der Waals surface area contributed by atoms with Gasteiger partial charge >= 0.3 is 0 Å². The summed E-state index contributed by atoms with van der Waals surface area (Å²) in [5.41, 5.74) is 1.40. The summed E-state index contributed by atoms with van der Waals surface area (Å²) < 4.78 is 12.9. The number of para-hydroxylation sites is 2. The topological polar surface area (TPSA) is 82.4 Å². The zero-order valence-electron chi connectivity index (χ0n) is 15.9. The number of benzene rings is 2. The summed E-state index contributed by atoms with van der Waals surface area (Å²) >= 11 is 0. The summed E-state index contributed by atoms with van der Waals surface area (Å²) in [6, 6.07) is 20.0. The Morgan fingerprint density at radius 2 is 1.69 bits per heavy atom. The van der Waals surface area contributed by atoms with Crippen LogP contribution in [-0.4, -0.2) is 34.4 Å². The molecule has 0 aliphatic carbocycles. The molecule has 0 unspecified atom stereocenters. The third-order valence-electron chi connectivity index (χ3n) is 4.66. The second-order valence-electron chi connectivity index (χ2n) is 6.75. The average Bonchev–Trinajstić information content (AvgIpc) is 2.75. The standard InChI is InChI=1S/C22H21N3O4/c1-15-21(29-19-10-6-5-9-18(19)28-15)22(27)23-13-14-25-20(26)12-11-17(24-25)16-7-3-2-4-8-16/h2-12,15,21H,13-14H2,1H3,(H,23,27)/t15-,21+/m1/s1. The Balaban J connectivity index is 1.39. The van der Waals surface area contributed by atoms with E-state index in [1.165, 1.54) is 10.7 Å². The largest absolute Gasteiger partial charge is 0.482 e. The highest BCUT2D eigenvalue weighted by Gasteiger charge is 2.33. The van der Waals surface area contributed by atoms with Gasteiger partial charge < -0.3 is 14.8 Å². The van der Waals surface area contributed by atoms with E-state index in [1.54, 1.807) is 25.1 Å². The molecule has 7 nitrogen and oxygen atoms in total. The van der Waals surface area contributed by atoms with Gasteiger partial charge in [0, 0.05) is 18.2 Å². The number of rotatable bonds is 5. The van der Waals surface area contributed by atoms with Crippen LogP contribution in [0.4, 0.5) is 0 Å². The molecule has 29 heavy (non-hydrogen) atoms. The molecular formula is C22H21N3O4. The predicted molar refractivity (Wildman–Crippen MR) is 108 cm³/mol. The van der Waals surface area contributed by atoms with Gasteiger partial charge in [-0.05, 0) is 25.1 Å². The maximum Gasteiger partial charge on any atom is 0.266 e. The first-order valence-corrected chi connectivity index (χ1v) is 9.45. The maximum atomic E-state index is 12.6. The van der Waals surface area contributed by atoms with Crippen LogP contribution >= 0.6 is 0 Å². The molecule has 0 spiro atoms. The number of aromatic nitrogens is 2. The first-order chi connectivity index (χ1) is 14.1. The van der Waals surface area contributed by atoms with Crippen molar-refractivity contribution in [1.82, 2.24) is 15.1 Å². The predicted octanol–water partition coefficient (Wildman–Crippen LogP) is 2.25. The van der Waals surface area contributed by atoms with Gasteiger partial charge in [-0.15, -0.1) is 0 Å². The van der Waals surface area contributed by atoms with Crippen LogP contribution in [0.1, 0.15) is 6.92 Å². The lowest BCUT2D eigenvalue weighted by molar-refractivity contribution is -0.133. The van der Waals surface area contributed by atoms with Gasteiger partial charge in [0.05, 0.1) is 12.2 Å². The minimum Gasteiger partial charge on any atom is -0.482 e. The first-order valence-electron chi connectivity index (χ1n) is 9.45. The smallest absolute Gasteiger partial charge is 0.266 e. The van der Waals surface area contributed by atoms with Crippen LogP contribution in [0.3, 0.4) is 0 Å². The molecule has 1 N–H and O–H groups in total. The van der Waals surface area contributed by atoms with E-state index in [1.807, 2.05) is 42.5 Å². The van der Waals surface area contributed by atoms with Crippen molar-refractivity contribution < 1.29 is 14.3 Å². The molecule has 0 fully saturated rings. The number of carbonyl (C=O) groups is 1. The van der Waals surface area contributed by atoms with Crippen LogP contribution in [0.15, 0.2) is 71.5 Å². The van der Waals surface area contributed by atoms with Gasteiger partial charge in [0.15, 0.2) is 11.5 Å². The molecule has 3 aromatic rings. The van der Waals surface area contributed by atoms with E-state index in [0.29, 0.717) is 17.2 Å². The van der Waals surface area contributed by atoms with Crippen LogP contribution in [0.2, 0.25) is 0 Å². The molecule has 1 amide bonds. The zero-order valence-corrected chi connectivity index (χ0v) is 15.9. The highest BCUT2D eigenvalue weighted by Crippen LogP contribution is 2.33. The number of hydrogen-bond donors (Lipinski definition) is 1. The molecule has 4 rings (SSSR count). The molecule has 1 aliphatic rings. The van der Waals surface area contributed by atoms with Crippen molar-refractivity contribution >= 4 is 5.91 Å². The van der Waals surface area contributed by atoms with Crippen LogP contribution in [0.25, 0.3) is 11.3 Å². The lowest BCUT2D eigenvalue weighted by atomic mass is 10.1. The van der Waals surface area contributed by atoms with Gasteiger partial charge in [-0.2, -0.15) is 5.10 Å². The highest BCUT2D eigenvalue weighted by atomic mass is 16.6. The monoisotopic (exact) mass is 391 g/mol. The normalized spacial score (nSPS) is 17.6. The van der Waals surface area contributed by atoms with Crippen molar-refractivity contribution in [3.63, 3.8) is 0 Å². The van der Waals surface area contributed by atoms with Crippen molar-refractivity contribution in [2.24, 2.45) is 0 Å². The Hall–Kier alpha value is -3.61. The first kappa shape index (κ1) is 18.7. The molecular weight excluding hydrogens is 370 g/mol. The Labute approximate surface area is 167 Å². The fourth-order valence-corrected chi connectivity index (χ4v) is 3.16. The van der Waals surface area contributed by atoms with Crippen molar-refractivity contribution in [2.45, 2.75) is 25.7 Å². The number of carbonyl (C=O) groups excluding carboxylic acids is 1. The average molecular weight is 391 g/mol. The van der Waals surface area contributed by atoms with Crippen LogP contribution < -0.4 is 20.3 Å². The number of nitrogens with zero attached hydrogens (tertiary/aromatic N) is 2. The molecule has 2 aromatic carbocycles. The molecule has 1 aliphatic heterocycles. The van der Waals surface area contributed by atoms with E-state index in [-0.39, 0.29) is 24.6 Å². The van der Waals surface area contributed by atoms with Gasteiger partial charge in [-0.3, -0.25) is 9.59 Å². The molecule has 2 heterocycles. The summed E-state index contributed by atoms with van der Waals surface area (Å²) in [6.07, 6.45) is -1.18. The number of ether oxygens (including phenoxy) is 2. The summed E-state index contributed by atoms with van der Waals surface area (Å²) in [5, 5.41) is 7.20. The zero-order chi connectivity index (χ0) is 20.2. The Morgan fingerprint density at radius 3 is 2.45 bits per heavy atom. The minimum atomic E-state index is -0.759. The van der Waals surface area contributed by atoms with Gasteiger partial charge in [-0.25, -0.2) is 4.68 Å². The fourth-order valence-electron chi connectivity index (χ4n) is 3.16.